The van der Waals surface area contributed by atoms with Crippen molar-refractivity contribution in [1.82, 2.24) is 14.5 Å². The predicted octanol–water partition coefficient (Wildman–Crippen LogP) is 3.64. The molecule has 2 atom stereocenters. The second-order valence-corrected chi connectivity index (χ2v) is 6.86. The third kappa shape index (κ3) is 4.92. The fourth-order valence-corrected chi connectivity index (χ4v) is 3.74. The molecule has 0 radical (unpaired) electrons. The summed E-state index contributed by atoms with van der Waals surface area (Å²) in [5, 5.41) is 10.6. The minimum Gasteiger partial charge on any atom is -0.388 e. The van der Waals surface area contributed by atoms with Crippen LogP contribution < -0.4 is 0 Å². The summed E-state index contributed by atoms with van der Waals surface area (Å²) in [4.78, 5) is 6.71. The number of likely N-dealkylation sites (tertiary alicyclic amines) is 1. The first kappa shape index (κ1) is 17.2. The van der Waals surface area contributed by atoms with Gasteiger partial charge in [-0.2, -0.15) is 0 Å². The van der Waals surface area contributed by atoms with Crippen LogP contribution in [0.1, 0.15) is 50.2 Å². The average molecular weight is 327 g/mol. The smallest absolute Gasteiger partial charge is 0.0945 e. The van der Waals surface area contributed by atoms with E-state index in [2.05, 4.69) is 14.5 Å². The lowest BCUT2D eigenvalue weighted by atomic mass is 9.98. The number of aliphatic hydroxyl groups excluding tert-OH is 1. The molecule has 1 N–H and O–H groups in total. The Labute approximate surface area is 145 Å². The quantitative estimate of drug-likeness (QED) is 0.844. The maximum atomic E-state index is 10.6. The number of benzene rings is 1. The highest BCUT2D eigenvalue weighted by Crippen LogP contribution is 2.26. The van der Waals surface area contributed by atoms with Gasteiger partial charge in [0.15, 0.2) is 0 Å². The topological polar surface area (TPSA) is 41.3 Å². The Morgan fingerprint density at radius 2 is 2.00 bits per heavy atom. The van der Waals surface area contributed by atoms with Crippen LogP contribution >= 0.6 is 0 Å². The molecule has 4 nitrogen and oxygen atoms in total. The maximum Gasteiger partial charge on any atom is 0.0945 e. The number of nitrogens with zero attached hydrogens (tertiary/aromatic N) is 3. The Morgan fingerprint density at radius 1 is 1.12 bits per heavy atom. The molecule has 0 bridgehead atoms. The second kappa shape index (κ2) is 9.00. The molecule has 3 rings (SSSR count). The highest BCUT2D eigenvalue weighted by Gasteiger charge is 2.23. The lowest BCUT2D eigenvalue weighted by molar-refractivity contribution is 0.1000. The molecule has 1 fully saturated rings. The SMILES string of the molecule is OC(CC1CCCCCN1CCCn1ccnc1)c1ccccc1. The molecule has 4 heteroatoms. The van der Waals surface area contributed by atoms with Gasteiger partial charge in [0, 0.05) is 31.5 Å². The first-order valence-electron chi connectivity index (χ1n) is 9.26. The van der Waals surface area contributed by atoms with Gasteiger partial charge in [-0.25, -0.2) is 4.98 Å². The van der Waals surface area contributed by atoms with Crippen molar-refractivity contribution in [2.45, 2.75) is 57.2 Å². The van der Waals surface area contributed by atoms with Crippen molar-refractivity contribution in [3.8, 4) is 0 Å². The van der Waals surface area contributed by atoms with E-state index in [1.807, 2.05) is 49.1 Å². The molecule has 1 saturated heterocycles. The molecule has 24 heavy (non-hydrogen) atoms. The van der Waals surface area contributed by atoms with Crippen LogP contribution in [0.15, 0.2) is 49.1 Å². The Balaban J connectivity index is 1.55. The fraction of sp³-hybridized carbons (Fsp3) is 0.550. The summed E-state index contributed by atoms with van der Waals surface area (Å²) in [6.07, 6.45) is 12.5. The first-order valence-corrected chi connectivity index (χ1v) is 9.26. The van der Waals surface area contributed by atoms with Crippen LogP contribution in [0.5, 0.6) is 0 Å². The molecule has 2 unspecified atom stereocenters. The van der Waals surface area contributed by atoms with Gasteiger partial charge < -0.3 is 14.6 Å². The Bertz CT molecular complexity index is 570. The van der Waals surface area contributed by atoms with Crippen LogP contribution in [0.3, 0.4) is 0 Å². The molecular formula is C20H29N3O. The minimum absolute atomic E-state index is 0.356. The van der Waals surface area contributed by atoms with Crippen molar-refractivity contribution in [1.29, 1.82) is 0 Å². The van der Waals surface area contributed by atoms with Gasteiger partial charge in [0.2, 0.25) is 0 Å². The zero-order valence-electron chi connectivity index (χ0n) is 14.4. The lowest BCUT2D eigenvalue weighted by Gasteiger charge is -2.31. The van der Waals surface area contributed by atoms with E-state index in [0.717, 1.165) is 38.0 Å². The normalized spacial score (nSPS) is 20.6. The van der Waals surface area contributed by atoms with Crippen LogP contribution in [0.2, 0.25) is 0 Å². The van der Waals surface area contributed by atoms with E-state index in [0.29, 0.717) is 6.04 Å². The van der Waals surface area contributed by atoms with E-state index in [1.165, 1.54) is 25.7 Å². The third-order valence-corrected chi connectivity index (χ3v) is 5.10. The van der Waals surface area contributed by atoms with E-state index in [1.54, 1.807) is 0 Å². The first-order chi connectivity index (χ1) is 11.8. The monoisotopic (exact) mass is 327 g/mol. The minimum atomic E-state index is -0.356. The van der Waals surface area contributed by atoms with Gasteiger partial charge >= 0.3 is 0 Å². The molecule has 2 aromatic rings. The number of aryl methyl sites for hydroxylation is 1. The third-order valence-electron chi connectivity index (χ3n) is 5.10. The van der Waals surface area contributed by atoms with Crippen LogP contribution in [0.4, 0.5) is 0 Å². The summed E-state index contributed by atoms with van der Waals surface area (Å²) >= 11 is 0. The number of hydrogen-bond acceptors (Lipinski definition) is 3. The van der Waals surface area contributed by atoms with Crippen molar-refractivity contribution < 1.29 is 5.11 Å². The van der Waals surface area contributed by atoms with Crippen molar-refractivity contribution in [2.75, 3.05) is 13.1 Å². The molecule has 1 aromatic carbocycles. The standard InChI is InChI=1S/C20H29N3O/c24-20(18-8-3-1-4-9-18)16-19-10-5-2-6-13-23(19)14-7-12-22-15-11-21-17-22/h1,3-4,8-9,11,15,17,19-20,24H,2,5-7,10,12-14,16H2. The Kier molecular flexibility index (Phi) is 6.44. The van der Waals surface area contributed by atoms with Gasteiger partial charge in [-0.1, -0.05) is 43.2 Å². The number of rotatable bonds is 7. The number of imidazole rings is 1. The van der Waals surface area contributed by atoms with Gasteiger partial charge in [0.05, 0.1) is 12.4 Å². The van der Waals surface area contributed by atoms with E-state index < -0.39 is 0 Å². The van der Waals surface area contributed by atoms with E-state index in [-0.39, 0.29) is 6.10 Å². The maximum absolute atomic E-state index is 10.6. The lowest BCUT2D eigenvalue weighted by Crippen LogP contribution is -2.37. The summed E-state index contributed by atoms with van der Waals surface area (Å²) in [7, 11) is 0. The zero-order chi connectivity index (χ0) is 16.6. The summed E-state index contributed by atoms with van der Waals surface area (Å²) < 4.78 is 2.14. The van der Waals surface area contributed by atoms with Crippen molar-refractivity contribution >= 4 is 0 Å². The van der Waals surface area contributed by atoms with Gasteiger partial charge in [0.1, 0.15) is 0 Å². The fourth-order valence-electron chi connectivity index (χ4n) is 3.74. The second-order valence-electron chi connectivity index (χ2n) is 6.86. The van der Waals surface area contributed by atoms with Gasteiger partial charge in [-0.15, -0.1) is 0 Å². The highest BCUT2D eigenvalue weighted by molar-refractivity contribution is 5.17. The molecule has 0 spiro atoms. The summed E-state index contributed by atoms with van der Waals surface area (Å²) in [5.41, 5.74) is 1.04. The van der Waals surface area contributed by atoms with Crippen LogP contribution in [0.25, 0.3) is 0 Å². The van der Waals surface area contributed by atoms with E-state index >= 15 is 0 Å². The van der Waals surface area contributed by atoms with Gasteiger partial charge in [-0.3, -0.25) is 0 Å². The van der Waals surface area contributed by atoms with Crippen molar-refractivity contribution in [2.24, 2.45) is 0 Å². The van der Waals surface area contributed by atoms with E-state index in [4.69, 9.17) is 0 Å². The Hall–Kier alpha value is -1.65. The van der Waals surface area contributed by atoms with Gasteiger partial charge in [0.25, 0.3) is 0 Å². The molecule has 1 aliphatic heterocycles. The van der Waals surface area contributed by atoms with Crippen LogP contribution in [0, 0.1) is 0 Å². The molecule has 1 aliphatic rings. The molecule has 0 amide bonds. The summed E-state index contributed by atoms with van der Waals surface area (Å²) in [5.74, 6) is 0. The largest absolute Gasteiger partial charge is 0.388 e. The van der Waals surface area contributed by atoms with E-state index in [9.17, 15) is 5.11 Å². The van der Waals surface area contributed by atoms with Crippen LogP contribution in [-0.4, -0.2) is 38.7 Å². The Morgan fingerprint density at radius 3 is 2.79 bits per heavy atom. The number of aliphatic hydroxyl groups is 1. The molecule has 130 valence electrons. The molecule has 0 aliphatic carbocycles. The highest BCUT2D eigenvalue weighted by atomic mass is 16.3. The van der Waals surface area contributed by atoms with Crippen molar-refractivity contribution in [3.63, 3.8) is 0 Å². The number of aromatic nitrogens is 2. The summed E-state index contributed by atoms with van der Waals surface area (Å²) in [6, 6.07) is 10.6. The average Bonchev–Trinajstić information content (AvgIpc) is 3.04. The molecular weight excluding hydrogens is 298 g/mol. The molecule has 0 saturated carbocycles. The predicted molar refractivity (Wildman–Crippen MR) is 96.7 cm³/mol. The number of hydrogen-bond donors (Lipinski definition) is 1. The summed E-state index contributed by atoms with van der Waals surface area (Å²) in [6.45, 7) is 3.28. The van der Waals surface area contributed by atoms with Crippen LogP contribution in [-0.2, 0) is 6.54 Å². The van der Waals surface area contributed by atoms with Crippen molar-refractivity contribution in [3.05, 3.63) is 54.6 Å². The molecule has 2 heterocycles. The molecule has 1 aromatic heterocycles. The van der Waals surface area contributed by atoms with Gasteiger partial charge in [-0.05, 0) is 37.8 Å². The zero-order valence-corrected chi connectivity index (χ0v) is 14.4.